The van der Waals surface area contributed by atoms with E-state index in [2.05, 4.69) is 5.32 Å². The van der Waals surface area contributed by atoms with Crippen molar-refractivity contribution in [1.82, 2.24) is 5.32 Å². The Kier molecular flexibility index (Phi) is 6.72. The highest BCUT2D eigenvalue weighted by Gasteiger charge is 2.15. The van der Waals surface area contributed by atoms with E-state index in [-0.39, 0.29) is 11.9 Å². The van der Waals surface area contributed by atoms with Crippen molar-refractivity contribution in [3.63, 3.8) is 0 Å². The molecule has 0 heterocycles. The first-order chi connectivity index (χ1) is 9.97. The van der Waals surface area contributed by atoms with Gasteiger partial charge in [-0.15, -0.1) is 0 Å². The molecule has 1 aromatic rings. The molecule has 1 rings (SSSR count). The standard InChI is InChI=1S/C16H24N2O3/c1-4-18(14-10-6-5-8-12(14)2)16(21)17-11-7-9-13(3)15(19)20/h5-6,8,10,13H,4,7,9,11H2,1-3H3,(H,17,21)(H,19,20). The molecular formula is C16H24N2O3. The molecule has 116 valence electrons. The van der Waals surface area contributed by atoms with Crippen LogP contribution in [0.2, 0.25) is 0 Å². The Bertz CT molecular complexity index is 488. The highest BCUT2D eigenvalue weighted by molar-refractivity contribution is 5.92. The summed E-state index contributed by atoms with van der Waals surface area (Å²) in [5.41, 5.74) is 1.95. The van der Waals surface area contributed by atoms with E-state index in [1.165, 1.54) is 0 Å². The number of aryl methyl sites for hydroxylation is 1. The van der Waals surface area contributed by atoms with E-state index >= 15 is 0 Å². The monoisotopic (exact) mass is 292 g/mol. The third kappa shape index (κ3) is 5.10. The second-order valence-corrected chi connectivity index (χ2v) is 5.14. The number of carboxylic acid groups (broad SMARTS) is 1. The summed E-state index contributed by atoms with van der Waals surface area (Å²) in [6, 6.07) is 7.60. The van der Waals surface area contributed by atoms with E-state index in [0.717, 1.165) is 11.3 Å². The number of amides is 2. The third-order valence-electron chi connectivity index (χ3n) is 3.48. The highest BCUT2D eigenvalue weighted by atomic mass is 16.4. The van der Waals surface area contributed by atoms with E-state index in [1.54, 1.807) is 11.8 Å². The SMILES string of the molecule is CCN(C(=O)NCCCC(C)C(=O)O)c1ccccc1C. The maximum absolute atomic E-state index is 12.2. The van der Waals surface area contributed by atoms with Crippen molar-refractivity contribution in [2.45, 2.75) is 33.6 Å². The number of anilines is 1. The molecule has 1 atom stereocenters. The number of hydrogen-bond acceptors (Lipinski definition) is 2. The third-order valence-corrected chi connectivity index (χ3v) is 3.48. The van der Waals surface area contributed by atoms with Gasteiger partial charge in [0.25, 0.3) is 0 Å². The van der Waals surface area contributed by atoms with Gasteiger partial charge >= 0.3 is 12.0 Å². The summed E-state index contributed by atoms with van der Waals surface area (Å²) >= 11 is 0. The number of para-hydroxylation sites is 1. The average molecular weight is 292 g/mol. The number of carbonyl (C=O) groups excluding carboxylic acids is 1. The smallest absolute Gasteiger partial charge is 0.321 e. The summed E-state index contributed by atoms with van der Waals surface area (Å²) < 4.78 is 0. The Hall–Kier alpha value is -2.04. The summed E-state index contributed by atoms with van der Waals surface area (Å²) in [7, 11) is 0. The fourth-order valence-corrected chi connectivity index (χ4v) is 2.11. The lowest BCUT2D eigenvalue weighted by molar-refractivity contribution is -0.141. The molecule has 0 aliphatic heterocycles. The molecule has 1 unspecified atom stereocenters. The molecule has 21 heavy (non-hydrogen) atoms. The lowest BCUT2D eigenvalue weighted by atomic mass is 10.1. The molecule has 5 nitrogen and oxygen atoms in total. The van der Waals surface area contributed by atoms with Gasteiger partial charge in [-0.05, 0) is 38.3 Å². The van der Waals surface area contributed by atoms with Crippen LogP contribution < -0.4 is 10.2 Å². The molecular weight excluding hydrogens is 268 g/mol. The number of aliphatic carboxylic acids is 1. The van der Waals surface area contributed by atoms with Crippen LogP contribution in [0.25, 0.3) is 0 Å². The van der Waals surface area contributed by atoms with E-state index in [0.29, 0.717) is 25.9 Å². The van der Waals surface area contributed by atoms with Gasteiger partial charge in [-0.3, -0.25) is 9.69 Å². The molecule has 0 aromatic heterocycles. The molecule has 2 amide bonds. The van der Waals surface area contributed by atoms with Gasteiger partial charge in [-0.1, -0.05) is 25.1 Å². The summed E-state index contributed by atoms with van der Waals surface area (Å²) in [5.74, 6) is -1.17. The van der Waals surface area contributed by atoms with E-state index in [9.17, 15) is 9.59 Å². The zero-order valence-corrected chi connectivity index (χ0v) is 12.9. The van der Waals surface area contributed by atoms with Gasteiger partial charge in [0.05, 0.1) is 5.92 Å². The average Bonchev–Trinajstić information content (AvgIpc) is 2.46. The maximum atomic E-state index is 12.2. The molecule has 0 aliphatic rings. The van der Waals surface area contributed by atoms with Gasteiger partial charge in [0.2, 0.25) is 0 Å². The first-order valence-electron chi connectivity index (χ1n) is 7.31. The zero-order chi connectivity index (χ0) is 15.8. The molecule has 0 fully saturated rings. The number of benzene rings is 1. The predicted octanol–water partition coefficient (Wildman–Crippen LogP) is 3.03. The van der Waals surface area contributed by atoms with Gasteiger partial charge in [0, 0.05) is 18.8 Å². The predicted molar refractivity (Wildman–Crippen MR) is 83.6 cm³/mol. The molecule has 0 spiro atoms. The van der Waals surface area contributed by atoms with Gasteiger partial charge in [0.15, 0.2) is 0 Å². The number of carboxylic acids is 1. The molecule has 0 radical (unpaired) electrons. The number of hydrogen-bond donors (Lipinski definition) is 2. The molecule has 0 saturated carbocycles. The fourth-order valence-electron chi connectivity index (χ4n) is 2.11. The van der Waals surface area contributed by atoms with Crippen molar-refractivity contribution in [3.05, 3.63) is 29.8 Å². The number of urea groups is 1. The Morgan fingerprint density at radius 2 is 2.00 bits per heavy atom. The van der Waals surface area contributed by atoms with Gasteiger partial charge in [-0.25, -0.2) is 4.79 Å². The Balaban J connectivity index is 2.50. The van der Waals surface area contributed by atoms with Crippen molar-refractivity contribution < 1.29 is 14.7 Å². The van der Waals surface area contributed by atoms with Crippen LogP contribution in [-0.4, -0.2) is 30.2 Å². The largest absolute Gasteiger partial charge is 0.481 e. The Labute approximate surface area is 126 Å². The summed E-state index contributed by atoms with van der Waals surface area (Å²) in [6.45, 7) is 6.65. The summed E-state index contributed by atoms with van der Waals surface area (Å²) in [5, 5.41) is 11.6. The minimum absolute atomic E-state index is 0.144. The van der Waals surface area contributed by atoms with Crippen LogP contribution in [0.5, 0.6) is 0 Å². The van der Waals surface area contributed by atoms with E-state index < -0.39 is 5.97 Å². The molecule has 0 saturated heterocycles. The van der Waals surface area contributed by atoms with Crippen LogP contribution in [0.3, 0.4) is 0 Å². The van der Waals surface area contributed by atoms with Crippen molar-refractivity contribution in [2.75, 3.05) is 18.0 Å². The van der Waals surface area contributed by atoms with Crippen LogP contribution in [0.4, 0.5) is 10.5 Å². The van der Waals surface area contributed by atoms with Crippen LogP contribution in [-0.2, 0) is 4.79 Å². The highest BCUT2D eigenvalue weighted by Crippen LogP contribution is 2.19. The first kappa shape index (κ1) is 17.0. The Morgan fingerprint density at radius 1 is 1.33 bits per heavy atom. The zero-order valence-electron chi connectivity index (χ0n) is 12.9. The van der Waals surface area contributed by atoms with Crippen LogP contribution in [0.1, 0.15) is 32.3 Å². The second-order valence-electron chi connectivity index (χ2n) is 5.14. The number of nitrogens with one attached hydrogen (secondary N) is 1. The van der Waals surface area contributed by atoms with Gasteiger partial charge in [-0.2, -0.15) is 0 Å². The van der Waals surface area contributed by atoms with Crippen molar-refractivity contribution in [2.24, 2.45) is 5.92 Å². The Morgan fingerprint density at radius 3 is 2.57 bits per heavy atom. The number of nitrogens with zero attached hydrogens (tertiary/aromatic N) is 1. The molecule has 0 bridgehead atoms. The van der Waals surface area contributed by atoms with Crippen LogP contribution >= 0.6 is 0 Å². The topological polar surface area (TPSA) is 69.6 Å². The second kappa shape index (κ2) is 8.29. The van der Waals surface area contributed by atoms with E-state index in [4.69, 9.17) is 5.11 Å². The molecule has 2 N–H and O–H groups in total. The first-order valence-corrected chi connectivity index (χ1v) is 7.31. The normalized spacial score (nSPS) is 11.8. The number of carbonyl (C=O) groups is 2. The van der Waals surface area contributed by atoms with Crippen molar-refractivity contribution in [1.29, 1.82) is 0 Å². The quantitative estimate of drug-likeness (QED) is 0.759. The van der Waals surface area contributed by atoms with Crippen molar-refractivity contribution >= 4 is 17.7 Å². The molecule has 0 aliphatic carbocycles. The van der Waals surface area contributed by atoms with Crippen LogP contribution in [0.15, 0.2) is 24.3 Å². The summed E-state index contributed by atoms with van der Waals surface area (Å²) in [4.78, 5) is 24.6. The fraction of sp³-hybridized carbons (Fsp3) is 0.500. The summed E-state index contributed by atoms with van der Waals surface area (Å²) in [6.07, 6.45) is 1.22. The molecule has 1 aromatic carbocycles. The minimum Gasteiger partial charge on any atom is -0.481 e. The lowest BCUT2D eigenvalue weighted by Crippen LogP contribution is -2.40. The molecule has 5 heteroatoms. The van der Waals surface area contributed by atoms with Crippen molar-refractivity contribution in [3.8, 4) is 0 Å². The minimum atomic E-state index is -0.795. The van der Waals surface area contributed by atoms with Crippen LogP contribution in [0, 0.1) is 12.8 Å². The van der Waals surface area contributed by atoms with Gasteiger partial charge in [0.1, 0.15) is 0 Å². The van der Waals surface area contributed by atoms with E-state index in [1.807, 2.05) is 38.1 Å². The maximum Gasteiger partial charge on any atom is 0.321 e. The number of rotatable bonds is 7. The van der Waals surface area contributed by atoms with Gasteiger partial charge < -0.3 is 10.4 Å². The lowest BCUT2D eigenvalue weighted by Gasteiger charge is -2.23.